The van der Waals surface area contributed by atoms with E-state index in [1.807, 2.05) is 36.1 Å². The summed E-state index contributed by atoms with van der Waals surface area (Å²) in [7, 11) is 3.25. The molecule has 2 aromatic rings. The molecule has 27 heavy (non-hydrogen) atoms. The van der Waals surface area contributed by atoms with Crippen molar-refractivity contribution in [1.82, 2.24) is 4.90 Å². The highest BCUT2D eigenvalue weighted by molar-refractivity contribution is 6.31. The number of benzene rings is 2. The normalized spacial score (nSPS) is 16.3. The fourth-order valence-electron chi connectivity index (χ4n) is 3.42. The Morgan fingerprint density at radius 2 is 1.93 bits per heavy atom. The van der Waals surface area contributed by atoms with Gasteiger partial charge in [0.15, 0.2) is 6.61 Å². The number of ether oxygens (including phenoxy) is 3. The van der Waals surface area contributed by atoms with Crippen LogP contribution < -0.4 is 14.2 Å². The van der Waals surface area contributed by atoms with E-state index < -0.39 is 0 Å². The zero-order valence-electron chi connectivity index (χ0n) is 15.8. The average molecular weight is 390 g/mol. The Hall–Kier alpha value is -2.40. The molecule has 0 radical (unpaired) electrons. The maximum absolute atomic E-state index is 12.8. The Bertz CT molecular complexity index is 824. The molecular formula is C21H24ClNO4. The van der Waals surface area contributed by atoms with Crippen molar-refractivity contribution in [3.8, 4) is 17.2 Å². The number of rotatable bonds is 6. The Balaban J connectivity index is 1.72. The van der Waals surface area contributed by atoms with Crippen LogP contribution in [0.15, 0.2) is 36.4 Å². The Labute approximate surface area is 164 Å². The van der Waals surface area contributed by atoms with Gasteiger partial charge in [0.2, 0.25) is 0 Å². The third-order valence-electron chi connectivity index (χ3n) is 4.86. The number of aryl methyl sites for hydroxylation is 1. The first kappa shape index (κ1) is 19.4. The van der Waals surface area contributed by atoms with Crippen LogP contribution in [0.2, 0.25) is 5.02 Å². The fraction of sp³-hybridized carbons (Fsp3) is 0.381. The highest BCUT2D eigenvalue weighted by Gasteiger charge is 2.32. The van der Waals surface area contributed by atoms with Gasteiger partial charge < -0.3 is 19.1 Å². The minimum Gasteiger partial charge on any atom is -0.497 e. The van der Waals surface area contributed by atoms with Gasteiger partial charge in [0.1, 0.15) is 17.2 Å². The molecule has 6 heteroatoms. The number of carbonyl (C=O) groups excluding carboxylic acids is 1. The van der Waals surface area contributed by atoms with E-state index in [-0.39, 0.29) is 18.6 Å². The third-order valence-corrected chi connectivity index (χ3v) is 5.29. The quantitative estimate of drug-likeness (QED) is 0.734. The number of methoxy groups -OCH3 is 2. The van der Waals surface area contributed by atoms with Crippen LogP contribution in [0.1, 0.15) is 30.0 Å². The molecule has 1 aliphatic rings. The van der Waals surface area contributed by atoms with E-state index in [4.69, 9.17) is 25.8 Å². The predicted molar refractivity (Wildman–Crippen MR) is 105 cm³/mol. The summed E-state index contributed by atoms with van der Waals surface area (Å²) in [6, 6.07) is 11.1. The van der Waals surface area contributed by atoms with Crippen LogP contribution in [0.25, 0.3) is 0 Å². The van der Waals surface area contributed by atoms with Crippen molar-refractivity contribution < 1.29 is 19.0 Å². The van der Waals surface area contributed by atoms with Crippen molar-refractivity contribution >= 4 is 17.5 Å². The number of hydrogen-bond donors (Lipinski definition) is 0. The molecule has 0 unspecified atom stereocenters. The van der Waals surface area contributed by atoms with Crippen molar-refractivity contribution in [3.63, 3.8) is 0 Å². The molecule has 0 saturated carbocycles. The van der Waals surface area contributed by atoms with Crippen LogP contribution in [0.3, 0.4) is 0 Å². The molecule has 1 aliphatic heterocycles. The lowest BCUT2D eigenvalue weighted by atomic mass is 10.0. The zero-order chi connectivity index (χ0) is 19.4. The first-order chi connectivity index (χ1) is 13.0. The first-order valence-corrected chi connectivity index (χ1v) is 9.31. The molecule has 5 nitrogen and oxygen atoms in total. The third kappa shape index (κ3) is 4.30. The molecule has 3 rings (SSSR count). The lowest BCUT2D eigenvalue weighted by Crippen LogP contribution is -2.34. The minimum atomic E-state index is -0.0389. The van der Waals surface area contributed by atoms with Crippen LogP contribution >= 0.6 is 11.6 Å². The molecule has 0 bridgehead atoms. The van der Waals surface area contributed by atoms with Gasteiger partial charge >= 0.3 is 0 Å². The summed E-state index contributed by atoms with van der Waals surface area (Å²) in [5.41, 5.74) is 1.91. The SMILES string of the molecule is COc1ccc([C@H]2CCCN2C(=O)COc2ccc(Cl)c(C)c2)c(OC)c1. The Kier molecular flexibility index (Phi) is 6.11. The van der Waals surface area contributed by atoms with Crippen LogP contribution in [0.5, 0.6) is 17.2 Å². The summed E-state index contributed by atoms with van der Waals surface area (Å²) >= 11 is 6.03. The zero-order valence-corrected chi connectivity index (χ0v) is 16.6. The predicted octanol–water partition coefficient (Wildman–Crippen LogP) is 4.41. The lowest BCUT2D eigenvalue weighted by Gasteiger charge is -2.26. The van der Waals surface area contributed by atoms with E-state index in [1.165, 1.54) is 0 Å². The first-order valence-electron chi connectivity index (χ1n) is 8.94. The molecule has 1 heterocycles. The van der Waals surface area contributed by atoms with Gasteiger partial charge in [-0.05, 0) is 55.7 Å². The van der Waals surface area contributed by atoms with Crippen molar-refractivity contribution in [2.24, 2.45) is 0 Å². The van der Waals surface area contributed by atoms with Crippen LogP contribution in [0.4, 0.5) is 0 Å². The molecule has 0 aliphatic carbocycles. The number of halogens is 1. The summed E-state index contributed by atoms with van der Waals surface area (Å²) in [4.78, 5) is 14.7. The molecule has 1 fully saturated rings. The largest absolute Gasteiger partial charge is 0.497 e. The second kappa shape index (κ2) is 8.53. The number of hydrogen-bond acceptors (Lipinski definition) is 4. The molecule has 1 atom stereocenters. The molecule has 0 spiro atoms. The van der Waals surface area contributed by atoms with Gasteiger partial charge in [0, 0.05) is 23.2 Å². The number of nitrogens with zero attached hydrogens (tertiary/aromatic N) is 1. The monoisotopic (exact) mass is 389 g/mol. The van der Waals surface area contributed by atoms with E-state index in [0.29, 0.717) is 17.3 Å². The summed E-state index contributed by atoms with van der Waals surface area (Å²) in [5, 5.41) is 0.680. The summed E-state index contributed by atoms with van der Waals surface area (Å²) in [6.07, 6.45) is 1.85. The maximum atomic E-state index is 12.8. The fourth-order valence-corrected chi connectivity index (χ4v) is 3.53. The maximum Gasteiger partial charge on any atom is 0.261 e. The lowest BCUT2D eigenvalue weighted by molar-refractivity contribution is -0.134. The van der Waals surface area contributed by atoms with E-state index >= 15 is 0 Å². The van der Waals surface area contributed by atoms with Crippen LogP contribution in [0, 0.1) is 6.92 Å². The van der Waals surface area contributed by atoms with E-state index in [2.05, 4.69) is 0 Å². The highest BCUT2D eigenvalue weighted by Crippen LogP contribution is 2.38. The van der Waals surface area contributed by atoms with Gasteiger partial charge in [-0.2, -0.15) is 0 Å². The Morgan fingerprint density at radius 1 is 1.15 bits per heavy atom. The van der Waals surface area contributed by atoms with Gasteiger partial charge in [0.05, 0.1) is 20.3 Å². The second-order valence-electron chi connectivity index (χ2n) is 6.55. The standard InChI is InChI=1S/C21H24ClNO4/c1-14-11-16(7-9-18(14)22)27-13-21(24)23-10-4-5-19(23)17-8-6-15(25-2)12-20(17)26-3/h6-9,11-12,19H,4-5,10,13H2,1-3H3/t19-/m1/s1. The smallest absolute Gasteiger partial charge is 0.261 e. The molecule has 144 valence electrons. The minimum absolute atomic E-state index is 0.00393. The molecule has 1 amide bonds. The average Bonchev–Trinajstić information content (AvgIpc) is 3.17. The van der Waals surface area contributed by atoms with Gasteiger partial charge in [-0.1, -0.05) is 11.6 Å². The van der Waals surface area contributed by atoms with Gasteiger partial charge in [-0.15, -0.1) is 0 Å². The van der Waals surface area contributed by atoms with Crippen molar-refractivity contribution in [2.45, 2.75) is 25.8 Å². The van der Waals surface area contributed by atoms with Crippen molar-refractivity contribution in [3.05, 3.63) is 52.5 Å². The summed E-state index contributed by atoms with van der Waals surface area (Å²) < 4.78 is 16.5. The van der Waals surface area contributed by atoms with Crippen LogP contribution in [-0.2, 0) is 4.79 Å². The van der Waals surface area contributed by atoms with Gasteiger partial charge in [-0.3, -0.25) is 4.79 Å². The van der Waals surface area contributed by atoms with Gasteiger partial charge in [-0.25, -0.2) is 0 Å². The molecule has 1 saturated heterocycles. The van der Waals surface area contributed by atoms with Crippen molar-refractivity contribution in [1.29, 1.82) is 0 Å². The molecular weight excluding hydrogens is 366 g/mol. The highest BCUT2D eigenvalue weighted by atomic mass is 35.5. The summed E-state index contributed by atoms with van der Waals surface area (Å²) in [5.74, 6) is 2.06. The Morgan fingerprint density at radius 3 is 2.63 bits per heavy atom. The van der Waals surface area contributed by atoms with E-state index in [0.717, 1.165) is 35.5 Å². The van der Waals surface area contributed by atoms with E-state index in [1.54, 1.807) is 26.4 Å². The van der Waals surface area contributed by atoms with Crippen LogP contribution in [-0.4, -0.2) is 38.2 Å². The van der Waals surface area contributed by atoms with E-state index in [9.17, 15) is 4.79 Å². The number of likely N-dealkylation sites (tertiary alicyclic amines) is 1. The molecule has 2 aromatic carbocycles. The van der Waals surface area contributed by atoms with Crippen molar-refractivity contribution in [2.75, 3.05) is 27.4 Å². The number of carbonyl (C=O) groups is 1. The second-order valence-corrected chi connectivity index (χ2v) is 6.96. The molecule has 0 aromatic heterocycles. The number of amides is 1. The topological polar surface area (TPSA) is 48.0 Å². The molecule has 0 N–H and O–H groups in total. The van der Waals surface area contributed by atoms with Gasteiger partial charge in [0.25, 0.3) is 5.91 Å². The summed E-state index contributed by atoms with van der Waals surface area (Å²) in [6.45, 7) is 2.61.